The molecule has 1 heterocycles. The number of amides is 1. The van der Waals surface area contributed by atoms with Gasteiger partial charge in [0.15, 0.2) is 0 Å². The molecule has 1 aromatic carbocycles. The zero-order chi connectivity index (χ0) is 15.6. The molecule has 0 bridgehead atoms. The summed E-state index contributed by atoms with van der Waals surface area (Å²) in [5.41, 5.74) is 1.22. The Bertz CT molecular complexity index is 489. The zero-order valence-electron chi connectivity index (χ0n) is 13.5. The Balaban J connectivity index is 2.05. The van der Waals surface area contributed by atoms with Gasteiger partial charge in [0.1, 0.15) is 0 Å². The van der Waals surface area contributed by atoms with Crippen molar-refractivity contribution in [2.45, 2.75) is 44.9 Å². The number of carbonyl (C=O) groups excluding carboxylic acids is 1. The highest BCUT2D eigenvalue weighted by Crippen LogP contribution is 2.28. The number of aliphatic hydroxyl groups is 1. The summed E-state index contributed by atoms with van der Waals surface area (Å²) in [6.07, 6.45) is 2.17. The van der Waals surface area contributed by atoms with Crippen LogP contribution in [-0.4, -0.2) is 53.1 Å². The molecule has 1 aromatic rings. The number of likely N-dealkylation sites (tertiary alicyclic amines) is 1. The smallest absolute Gasteiger partial charge is 0.253 e. The summed E-state index contributed by atoms with van der Waals surface area (Å²) < 4.78 is 0. The van der Waals surface area contributed by atoms with Crippen molar-refractivity contribution >= 4 is 5.91 Å². The van der Waals surface area contributed by atoms with E-state index in [9.17, 15) is 9.90 Å². The topological polar surface area (TPSA) is 43.8 Å². The number of hydrogen-bond donors (Lipinski definition) is 1. The van der Waals surface area contributed by atoms with E-state index in [1.807, 2.05) is 38.1 Å². The van der Waals surface area contributed by atoms with E-state index in [1.165, 1.54) is 5.56 Å². The summed E-state index contributed by atoms with van der Waals surface area (Å²) in [5.74, 6) is 0.0251. The van der Waals surface area contributed by atoms with Crippen molar-refractivity contribution in [3.63, 3.8) is 0 Å². The van der Waals surface area contributed by atoms with Crippen molar-refractivity contribution in [2.75, 3.05) is 20.6 Å². The van der Waals surface area contributed by atoms with Crippen molar-refractivity contribution in [3.8, 4) is 0 Å². The van der Waals surface area contributed by atoms with Gasteiger partial charge >= 0.3 is 0 Å². The van der Waals surface area contributed by atoms with Crippen LogP contribution in [0.4, 0.5) is 0 Å². The Morgan fingerprint density at radius 3 is 2.48 bits per heavy atom. The minimum absolute atomic E-state index is 0.0251. The highest BCUT2D eigenvalue weighted by Gasteiger charge is 2.35. The van der Waals surface area contributed by atoms with E-state index in [4.69, 9.17) is 0 Å². The molecule has 1 atom stereocenters. The van der Waals surface area contributed by atoms with Gasteiger partial charge in [-0.1, -0.05) is 12.1 Å². The molecule has 1 aliphatic heterocycles. The van der Waals surface area contributed by atoms with Gasteiger partial charge in [-0.25, -0.2) is 0 Å². The van der Waals surface area contributed by atoms with Crippen LogP contribution in [0.1, 0.15) is 42.6 Å². The van der Waals surface area contributed by atoms with Gasteiger partial charge < -0.3 is 10.0 Å². The molecule has 1 unspecified atom stereocenters. The highest BCUT2D eigenvalue weighted by atomic mass is 16.3. The van der Waals surface area contributed by atoms with Gasteiger partial charge in [-0.15, -0.1) is 0 Å². The van der Waals surface area contributed by atoms with Crippen LogP contribution in [0.3, 0.4) is 0 Å². The number of carbonyl (C=O) groups is 1. The molecule has 0 aromatic heterocycles. The van der Waals surface area contributed by atoms with E-state index in [0.717, 1.165) is 25.9 Å². The van der Waals surface area contributed by atoms with Crippen molar-refractivity contribution in [3.05, 3.63) is 35.4 Å². The molecule has 1 fully saturated rings. The average molecular weight is 290 g/mol. The van der Waals surface area contributed by atoms with Gasteiger partial charge in [-0.2, -0.15) is 0 Å². The SMILES string of the molecule is CN(C)C(=O)c1ccc(CN2CCCC2C(C)(C)O)cc1. The summed E-state index contributed by atoms with van der Waals surface area (Å²) in [4.78, 5) is 15.8. The maximum Gasteiger partial charge on any atom is 0.253 e. The van der Waals surface area contributed by atoms with Crippen LogP contribution in [0.25, 0.3) is 0 Å². The summed E-state index contributed by atoms with van der Waals surface area (Å²) in [7, 11) is 3.52. The molecule has 1 aliphatic rings. The van der Waals surface area contributed by atoms with Crippen LogP contribution in [0.5, 0.6) is 0 Å². The zero-order valence-corrected chi connectivity index (χ0v) is 13.5. The summed E-state index contributed by atoms with van der Waals surface area (Å²) in [5, 5.41) is 10.3. The quantitative estimate of drug-likeness (QED) is 0.924. The first-order valence-electron chi connectivity index (χ1n) is 7.56. The molecule has 0 aliphatic carbocycles. The van der Waals surface area contributed by atoms with Crippen molar-refractivity contribution in [2.24, 2.45) is 0 Å². The number of rotatable bonds is 4. The standard InChI is InChI=1S/C17H26N2O2/c1-17(2,21)15-6-5-11-19(15)12-13-7-9-14(10-8-13)16(20)18(3)4/h7-10,15,21H,5-6,11-12H2,1-4H3. The molecule has 0 radical (unpaired) electrons. The first-order valence-corrected chi connectivity index (χ1v) is 7.56. The third-order valence-electron chi connectivity index (χ3n) is 4.17. The number of hydrogen-bond acceptors (Lipinski definition) is 3. The molecule has 2 rings (SSSR count). The average Bonchev–Trinajstić information content (AvgIpc) is 2.87. The lowest BCUT2D eigenvalue weighted by Crippen LogP contribution is -2.45. The van der Waals surface area contributed by atoms with Crippen LogP contribution < -0.4 is 0 Å². The molecule has 0 spiro atoms. The minimum Gasteiger partial charge on any atom is -0.389 e. The molecule has 1 N–H and O–H groups in total. The lowest BCUT2D eigenvalue weighted by Gasteiger charge is -2.33. The monoisotopic (exact) mass is 290 g/mol. The Hall–Kier alpha value is -1.39. The Labute approximate surface area is 127 Å². The third kappa shape index (κ3) is 3.83. The Morgan fingerprint density at radius 1 is 1.33 bits per heavy atom. The maximum absolute atomic E-state index is 11.9. The second-order valence-corrected chi connectivity index (χ2v) is 6.68. The van der Waals surface area contributed by atoms with E-state index in [1.54, 1.807) is 19.0 Å². The predicted octanol–water partition coefficient (Wildman–Crippen LogP) is 2.12. The van der Waals surface area contributed by atoms with Crippen LogP contribution in [0.15, 0.2) is 24.3 Å². The fourth-order valence-corrected chi connectivity index (χ4v) is 3.06. The molecule has 4 heteroatoms. The van der Waals surface area contributed by atoms with Crippen molar-refractivity contribution in [1.82, 2.24) is 9.80 Å². The Kier molecular flexibility index (Phi) is 4.69. The van der Waals surface area contributed by atoms with E-state index in [0.29, 0.717) is 5.56 Å². The van der Waals surface area contributed by atoms with Crippen LogP contribution in [0.2, 0.25) is 0 Å². The normalized spacial score (nSPS) is 19.8. The largest absolute Gasteiger partial charge is 0.389 e. The predicted molar refractivity (Wildman–Crippen MR) is 84.2 cm³/mol. The molecular formula is C17H26N2O2. The van der Waals surface area contributed by atoms with Crippen LogP contribution in [0, 0.1) is 0 Å². The van der Waals surface area contributed by atoms with Gasteiger partial charge in [-0.05, 0) is 50.9 Å². The second-order valence-electron chi connectivity index (χ2n) is 6.68. The second kappa shape index (κ2) is 6.16. The van der Waals surface area contributed by atoms with Crippen LogP contribution >= 0.6 is 0 Å². The van der Waals surface area contributed by atoms with Gasteiger partial charge in [-0.3, -0.25) is 9.69 Å². The van der Waals surface area contributed by atoms with E-state index < -0.39 is 5.60 Å². The van der Waals surface area contributed by atoms with E-state index >= 15 is 0 Å². The summed E-state index contributed by atoms with van der Waals surface area (Å²) >= 11 is 0. The van der Waals surface area contributed by atoms with Crippen molar-refractivity contribution in [1.29, 1.82) is 0 Å². The first-order chi connectivity index (χ1) is 9.79. The Morgan fingerprint density at radius 2 is 1.95 bits per heavy atom. The van der Waals surface area contributed by atoms with Gasteiger partial charge in [0.2, 0.25) is 0 Å². The van der Waals surface area contributed by atoms with Gasteiger partial charge in [0.25, 0.3) is 5.91 Å². The third-order valence-corrected chi connectivity index (χ3v) is 4.17. The molecule has 21 heavy (non-hydrogen) atoms. The maximum atomic E-state index is 11.9. The fraction of sp³-hybridized carbons (Fsp3) is 0.588. The summed E-state index contributed by atoms with van der Waals surface area (Å²) in [6, 6.07) is 7.99. The molecule has 1 saturated heterocycles. The van der Waals surface area contributed by atoms with Gasteiger partial charge in [0.05, 0.1) is 5.60 Å². The molecule has 1 amide bonds. The molecular weight excluding hydrogens is 264 g/mol. The lowest BCUT2D eigenvalue weighted by atomic mass is 9.96. The molecule has 0 saturated carbocycles. The summed E-state index contributed by atoms with van der Waals surface area (Å²) in [6.45, 7) is 5.61. The van der Waals surface area contributed by atoms with E-state index in [2.05, 4.69) is 4.90 Å². The first kappa shape index (κ1) is 16.0. The highest BCUT2D eigenvalue weighted by molar-refractivity contribution is 5.93. The van der Waals surface area contributed by atoms with Crippen LogP contribution in [-0.2, 0) is 6.54 Å². The van der Waals surface area contributed by atoms with Crippen molar-refractivity contribution < 1.29 is 9.90 Å². The minimum atomic E-state index is -0.669. The lowest BCUT2D eigenvalue weighted by molar-refractivity contribution is -0.00501. The van der Waals surface area contributed by atoms with Gasteiger partial charge in [0, 0.05) is 32.2 Å². The molecule has 4 nitrogen and oxygen atoms in total. The number of nitrogens with zero attached hydrogens (tertiary/aromatic N) is 2. The van der Waals surface area contributed by atoms with E-state index in [-0.39, 0.29) is 11.9 Å². The fourth-order valence-electron chi connectivity index (χ4n) is 3.06. The molecule has 116 valence electrons. The number of benzene rings is 1.